The second-order valence-electron chi connectivity index (χ2n) is 4.55. The first-order valence-electron chi connectivity index (χ1n) is 6.33. The van der Waals surface area contributed by atoms with Crippen LogP contribution in [0.4, 0.5) is 0 Å². The molecule has 0 fully saturated rings. The fourth-order valence-corrected chi connectivity index (χ4v) is 1.90. The number of hydrogen-bond donors (Lipinski definition) is 3. The van der Waals surface area contributed by atoms with Crippen molar-refractivity contribution in [3.63, 3.8) is 0 Å². The van der Waals surface area contributed by atoms with Crippen molar-refractivity contribution in [3.05, 3.63) is 53.2 Å². The van der Waals surface area contributed by atoms with E-state index in [0.717, 1.165) is 11.3 Å². The predicted molar refractivity (Wildman–Crippen MR) is 75.4 cm³/mol. The van der Waals surface area contributed by atoms with Gasteiger partial charge in [-0.15, -0.1) is 0 Å². The number of aromatic nitrogens is 1. The third kappa shape index (κ3) is 3.16. The molecule has 0 bridgehead atoms. The molecule has 0 aliphatic rings. The summed E-state index contributed by atoms with van der Waals surface area (Å²) in [5.74, 6) is 1.52. The molecule has 1 aromatic carbocycles. The highest BCUT2D eigenvalue weighted by molar-refractivity contribution is 5.98. The van der Waals surface area contributed by atoms with Crippen molar-refractivity contribution in [2.75, 3.05) is 0 Å². The SMILES string of the molecule is Cc1cnc(C(C)NCc2ccccc2/C(N)=N/O)o1. The summed E-state index contributed by atoms with van der Waals surface area (Å²) in [7, 11) is 0. The number of nitrogens with zero attached hydrogens (tertiary/aromatic N) is 2. The largest absolute Gasteiger partial charge is 0.444 e. The normalized spacial score (nSPS) is 13.4. The highest BCUT2D eigenvalue weighted by Gasteiger charge is 2.12. The zero-order valence-electron chi connectivity index (χ0n) is 11.5. The Balaban J connectivity index is 2.08. The molecule has 1 unspecified atom stereocenters. The zero-order chi connectivity index (χ0) is 14.5. The maximum atomic E-state index is 8.79. The Morgan fingerprint density at radius 1 is 1.50 bits per heavy atom. The van der Waals surface area contributed by atoms with Gasteiger partial charge in [-0.1, -0.05) is 29.4 Å². The fraction of sp³-hybridized carbons (Fsp3) is 0.286. The lowest BCUT2D eigenvalue weighted by atomic mass is 10.1. The molecule has 0 saturated carbocycles. The predicted octanol–water partition coefficient (Wildman–Crippen LogP) is 1.93. The standard InChI is InChI=1S/C14H18N4O2/c1-9-7-17-14(20-9)10(2)16-8-11-5-3-4-6-12(11)13(15)18-19/h3-7,10,16,19H,8H2,1-2H3,(H2,15,18). The average molecular weight is 274 g/mol. The summed E-state index contributed by atoms with van der Waals surface area (Å²) in [5.41, 5.74) is 7.31. The van der Waals surface area contributed by atoms with Crippen molar-refractivity contribution in [1.82, 2.24) is 10.3 Å². The van der Waals surface area contributed by atoms with Gasteiger partial charge in [-0.2, -0.15) is 0 Å². The molecule has 6 heteroatoms. The Kier molecular flexibility index (Phi) is 4.37. The van der Waals surface area contributed by atoms with Gasteiger partial charge in [0.05, 0.1) is 12.2 Å². The number of amidine groups is 1. The quantitative estimate of drug-likeness (QED) is 0.335. The van der Waals surface area contributed by atoms with E-state index in [-0.39, 0.29) is 11.9 Å². The molecule has 0 spiro atoms. The van der Waals surface area contributed by atoms with Gasteiger partial charge in [0.2, 0.25) is 5.89 Å². The number of rotatable bonds is 5. The minimum Gasteiger partial charge on any atom is -0.444 e. The Morgan fingerprint density at radius 2 is 2.25 bits per heavy atom. The summed E-state index contributed by atoms with van der Waals surface area (Å²) in [6.07, 6.45) is 1.69. The third-order valence-corrected chi connectivity index (χ3v) is 3.01. The number of oxime groups is 1. The molecular weight excluding hydrogens is 256 g/mol. The number of oxazole rings is 1. The number of hydrogen-bond acceptors (Lipinski definition) is 5. The van der Waals surface area contributed by atoms with Gasteiger partial charge < -0.3 is 20.7 Å². The van der Waals surface area contributed by atoms with Crippen LogP contribution in [0.15, 0.2) is 40.0 Å². The highest BCUT2D eigenvalue weighted by atomic mass is 16.4. The lowest BCUT2D eigenvalue weighted by Gasteiger charge is -2.13. The van der Waals surface area contributed by atoms with Gasteiger partial charge in [0.25, 0.3) is 0 Å². The van der Waals surface area contributed by atoms with Crippen LogP contribution < -0.4 is 11.1 Å². The summed E-state index contributed by atoms with van der Waals surface area (Å²) >= 11 is 0. The van der Waals surface area contributed by atoms with Gasteiger partial charge >= 0.3 is 0 Å². The van der Waals surface area contributed by atoms with E-state index in [1.54, 1.807) is 6.20 Å². The smallest absolute Gasteiger partial charge is 0.211 e. The van der Waals surface area contributed by atoms with Crippen molar-refractivity contribution in [2.24, 2.45) is 10.9 Å². The van der Waals surface area contributed by atoms with Crippen LogP contribution in [0, 0.1) is 6.92 Å². The molecular formula is C14H18N4O2. The number of aryl methyl sites for hydroxylation is 1. The van der Waals surface area contributed by atoms with Crippen LogP contribution in [0.25, 0.3) is 0 Å². The number of nitrogens with two attached hydrogens (primary N) is 1. The van der Waals surface area contributed by atoms with Gasteiger partial charge in [0.15, 0.2) is 5.84 Å². The molecule has 0 radical (unpaired) electrons. The maximum absolute atomic E-state index is 8.79. The van der Waals surface area contributed by atoms with E-state index < -0.39 is 0 Å². The average Bonchev–Trinajstić information content (AvgIpc) is 2.91. The van der Waals surface area contributed by atoms with Gasteiger partial charge in [-0.3, -0.25) is 0 Å². The summed E-state index contributed by atoms with van der Waals surface area (Å²) in [6, 6.07) is 7.46. The van der Waals surface area contributed by atoms with Crippen molar-refractivity contribution >= 4 is 5.84 Å². The summed E-state index contributed by atoms with van der Waals surface area (Å²) in [6.45, 7) is 4.39. The van der Waals surface area contributed by atoms with E-state index in [4.69, 9.17) is 15.4 Å². The molecule has 1 atom stereocenters. The van der Waals surface area contributed by atoms with Gasteiger partial charge in [-0.05, 0) is 19.4 Å². The molecule has 0 amide bonds. The molecule has 2 aromatic rings. The van der Waals surface area contributed by atoms with Crippen LogP contribution in [0.1, 0.15) is 35.7 Å². The maximum Gasteiger partial charge on any atom is 0.211 e. The van der Waals surface area contributed by atoms with Crippen LogP contribution in [-0.4, -0.2) is 16.0 Å². The lowest BCUT2D eigenvalue weighted by molar-refractivity contribution is 0.318. The molecule has 0 aliphatic carbocycles. The first kappa shape index (κ1) is 14.1. The first-order chi connectivity index (χ1) is 9.61. The van der Waals surface area contributed by atoms with E-state index in [1.807, 2.05) is 38.1 Å². The Hall–Kier alpha value is -2.34. The number of benzene rings is 1. The van der Waals surface area contributed by atoms with Gasteiger partial charge in [0.1, 0.15) is 5.76 Å². The Bertz CT molecular complexity index is 607. The molecule has 106 valence electrons. The minimum absolute atomic E-state index is 0.0240. The fourth-order valence-electron chi connectivity index (χ4n) is 1.90. The summed E-state index contributed by atoms with van der Waals surface area (Å²) in [4.78, 5) is 4.18. The minimum atomic E-state index is -0.0240. The van der Waals surface area contributed by atoms with E-state index in [0.29, 0.717) is 18.0 Å². The molecule has 4 N–H and O–H groups in total. The van der Waals surface area contributed by atoms with E-state index >= 15 is 0 Å². The van der Waals surface area contributed by atoms with Crippen molar-refractivity contribution in [1.29, 1.82) is 0 Å². The van der Waals surface area contributed by atoms with Gasteiger partial charge in [0, 0.05) is 12.1 Å². The molecule has 1 aromatic heterocycles. The van der Waals surface area contributed by atoms with E-state index in [1.165, 1.54) is 0 Å². The van der Waals surface area contributed by atoms with E-state index in [2.05, 4.69) is 15.5 Å². The molecule has 1 heterocycles. The van der Waals surface area contributed by atoms with Crippen molar-refractivity contribution in [2.45, 2.75) is 26.4 Å². The van der Waals surface area contributed by atoms with Crippen LogP contribution in [0.2, 0.25) is 0 Å². The first-order valence-corrected chi connectivity index (χ1v) is 6.33. The summed E-state index contributed by atoms with van der Waals surface area (Å²) in [5, 5.41) is 15.1. The zero-order valence-corrected chi connectivity index (χ0v) is 11.5. The van der Waals surface area contributed by atoms with Crippen LogP contribution in [0.5, 0.6) is 0 Å². The number of nitrogens with one attached hydrogen (secondary N) is 1. The Morgan fingerprint density at radius 3 is 2.90 bits per heavy atom. The van der Waals surface area contributed by atoms with Crippen LogP contribution >= 0.6 is 0 Å². The van der Waals surface area contributed by atoms with Gasteiger partial charge in [-0.25, -0.2) is 4.98 Å². The molecule has 0 aliphatic heterocycles. The monoisotopic (exact) mass is 274 g/mol. The highest BCUT2D eigenvalue weighted by Crippen LogP contribution is 2.14. The lowest BCUT2D eigenvalue weighted by Crippen LogP contribution is -2.22. The second-order valence-corrected chi connectivity index (χ2v) is 4.55. The molecule has 2 rings (SSSR count). The Labute approximate surface area is 117 Å². The van der Waals surface area contributed by atoms with Crippen molar-refractivity contribution < 1.29 is 9.62 Å². The molecule has 20 heavy (non-hydrogen) atoms. The summed E-state index contributed by atoms with van der Waals surface area (Å²) < 4.78 is 5.47. The van der Waals surface area contributed by atoms with Crippen LogP contribution in [-0.2, 0) is 6.54 Å². The third-order valence-electron chi connectivity index (χ3n) is 3.01. The van der Waals surface area contributed by atoms with Crippen LogP contribution in [0.3, 0.4) is 0 Å². The second kappa shape index (κ2) is 6.21. The molecule has 0 saturated heterocycles. The van der Waals surface area contributed by atoms with Crippen molar-refractivity contribution in [3.8, 4) is 0 Å². The molecule has 6 nitrogen and oxygen atoms in total. The van der Waals surface area contributed by atoms with E-state index in [9.17, 15) is 0 Å². The topological polar surface area (TPSA) is 96.7 Å².